The molecule has 1 heterocycles. The van der Waals surface area contributed by atoms with E-state index in [0.29, 0.717) is 19.1 Å². The van der Waals surface area contributed by atoms with Gasteiger partial charge >= 0.3 is 0 Å². The maximum absolute atomic E-state index is 6.04. The SMILES string of the molecule is CN=C(NCc1ccccc1-c1ccc(Cl)cc1)N1CCC(COCCOC)C1. The lowest BCUT2D eigenvalue weighted by molar-refractivity contribution is 0.0536. The second-order valence-corrected chi connectivity index (χ2v) is 7.67. The van der Waals surface area contributed by atoms with Crippen LogP contribution in [0.1, 0.15) is 12.0 Å². The lowest BCUT2D eigenvalue weighted by Gasteiger charge is -2.22. The zero-order chi connectivity index (χ0) is 20.5. The number of benzene rings is 2. The smallest absolute Gasteiger partial charge is 0.193 e. The van der Waals surface area contributed by atoms with Gasteiger partial charge in [0.2, 0.25) is 0 Å². The molecular formula is C23H30ClN3O2. The van der Waals surface area contributed by atoms with Crippen molar-refractivity contribution in [1.29, 1.82) is 0 Å². The van der Waals surface area contributed by atoms with E-state index < -0.39 is 0 Å². The van der Waals surface area contributed by atoms with Crippen LogP contribution in [0, 0.1) is 5.92 Å². The number of hydrogen-bond donors (Lipinski definition) is 1. The van der Waals surface area contributed by atoms with Crippen molar-refractivity contribution in [2.45, 2.75) is 13.0 Å². The molecular weight excluding hydrogens is 386 g/mol. The summed E-state index contributed by atoms with van der Waals surface area (Å²) >= 11 is 6.04. The quantitative estimate of drug-likeness (QED) is 0.401. The van der Waals surface area contributed by atoms with Crippen LogP contribution in [-0.2, 0) is 16.0 Å². The Kier molecular flexibility index (Phi) is 8.35. The lowest BCUT2D eigenvalue weighted by Crippen LogP contribution is -2.40. The van der Waals surface area contributed by atoms with Gasteiger partial charge in [0, 0.05) is 44.7 Å². The third-order valence-corrected chi connectivity index (χ3v) is 5.44. The zero-order valence-electron chi connectivity index (χ0n) is 17.2. The molecule has 0 spiro atoms. The molecule has 3 rings (SSSR count). The van der Waals surface area contributed by atoms with Crippen molar-refractivity contribution in [2.75, 3.05) is 47.1 Å². The maximum Gasteiger partial charge on any atom is 0.193 e. The molecule has 29 heavy (non-hydrogen) atoms. The van der Waals surface area contributed by atoms with Crippen LogP contribution in [-0.4, -0.2) is 57.9 Å². The van der Waals surface area contributed by atoms with Crippen LogP contribution in [0.15, 0.2) is 53.5 Å². The monoisotopic (exact) mass is 415 g/mol. The zero-order valence-corrected chi connectivity index (χ0v) is 18.0. The minimum atomic E-state index is 0.534. The van der Waals surface area contributed by atoms with Crippen LogP contribution >= 0.6 is 11.6 Å². The first kappa shape index (κ1) is 21.6. The second kappa shape index (κ2) is 11.2. The van der Waals surface area contributed by atoms with Gasteiger partial charge in [0.15, 0.2) is 5.96 Å². The standard InChI is InChI=1S/C23H30ClN3O2/c1-25-23(27-12-11-18(16-27)17-29-14-13-28-2)26-15-20-5-3-4-6-22(20)19-7-9-21(24)10-8-19/h3-10,18H,11-17H2,1-2H3,(H,25,26). The summed E-state index contributed by atoms with van der Waals surface area (Å²) in [5.41, 5.74) is 3.60. The predicted octanol–water partition coefficient (Wildman–Crippen LogP) is 4.07. The third kappa shape index (κ3) is 6.20. The molecule has 1 N–H and O–H groups in total. The van der Waals surface area contributed by atoms with E-state index in [9.17, 15) is 0 Å². The van der Waals surface area contributed by atoms with Gasteiger partial charge < -0.3 is 19.7 Å². The van der Waals surface area contributed by atoms with Crippen molar-refractivity contribution in [3.05, 3.63) is 59.1 Å². The van der Waals surface area contributed by atoms with Gasteiger partial charge in [0.05, 0.1) is 19.8 Å². The fourth-order valence-corrected chi connectivity index (χ4v) is 3.77. The topological polar surface area (TPSA) is 46.1 Å². The minimum absolute atomic E-state index is 0.534. The van der Waals surface area contributed by atoms with Crippen LogP contribution in [0.5, 0.6) is 0 Å². The van der Waals surface area contributed by atoms with E-state index in [0.717, 1.165) is 49.2 Å². The normalized spacial score (nSPS) is 17.0. The number of likely N-dealkylation sites (tertiary alicyclic amines) is 1. The molecule has 1 atom stereocenters. The molecule has 0 bridgehead atoms. The van der Waals surface area contributed by atoms with Gasteiger partial charge in [-0.25, -0.2) is 0 Å². The van der Waals surface area contributed by atoms with Crippen molar-refractivity contribution < 1.29 is 9.47 Å². The predicted molar refractivity (Wildman–Crippen MR) is 119 cm³/mol. The van der Waals surface area contributed by atoms with E-state index in [1.807, 2.05) is 19.2 Å². The molecule has 1 aliphatic rings. The summed E-state index contributed by atoms with van der Waals surface area (Å²) in [6.07, 6.45) is 1.12. The number of hydrogen-bond acceptors (Lipinski definition) is 3. The Morgan fingerprint density at radius 1 is 1.17 bits per heavy atom. The minimum Gasteiger partial charge on any atom is -0.382 e. The van der Waals surface area contributed by atoms with Crippen LogP contribution in [0.25, 0.3) is 11.1 Å². The molecule has 0 aromatic heterocycles. The molecule has 1 unspecified atom stereocenters. The van der Waals surface area contributed by atoms with E-state index in [1.54, 1.807) is 7.11 Å². The first-order valence-electron chi connectivity index (χ1n) is 10.1. The van der Waals surface area contributed by atoms with Crippen molar-refractivity contribution in [3.63, 3.8) is 0 Å². The molecule has 1 saturated heterocycles. The third-order valence-electron chi connectivity index (χ3n) is 5.19. The van der Waals surface area contributed by atoms with Gasteiger partial charge in [-0.2, -0.15) is 0 Å². The molecule has 2 aromatic rings. The largest absolute Gasteiger partial charge is 0.382 e. The van der Waals surface area contributed by atoms with Crippen molar-refractivity contribution in [3.8, 4) is 11.1 Å². The highest BCUT2D eigenvalue weighted by Crippen LogP contribution is 2.25. The Morgan fingerprint density at radius 2 is 1.97 bits per heavy atom. The summed E-state index contributed by atoms with van der Waals surface area (Å²) in [6.45, 7) is 4.75. The van der Waals surface area contributed by atoms with Crippen LogP contribution < -0.4 is 5.32 Å². The van der Waals surface area contributed by atoms with E-state index in [4.69, 9.17) is 21.1 Å². The number of nitrogens with one attached hydrogen (secondary N) is 1. The van der Waals surface area contributed by atoms with E-state index in [2.05, 4.69) is 51.6 Å². The number of methoxy groups -OCH3 is 1. The highest BCUT2D eigenvalue weighted by Gasteiger charge is 2.25. The molecule has 6 heteroatoms. The Hall–Kier alpha value is -2.08. The Balaban J connectivity index is 1.57. The number of ether oxygens (including phenoxy) is 2. The Bertz CT molecular complexity index is 795. The second-order valence-electron chi connectivity index (χ2n) is 7.23. The number of aliphatic imine (C=N–C) groups is 1. The summed E-state index contributed by atoms with van der Waals surface area (Å²) in [5, 5.41) is 4.28. The fourth-order valence-electron chi connectivity index (χ4n) is 3.65. The van der Waals surface area contributed by atoms with Crippen molar-refractivity contribution >= 4 is 17.6 Å². The highest BCUT2D eigenvalue weighted by molar-refractivity contribution is 6.30. The van der Waals surface area contributed by atoms with Crippen LogP contribution in [0.4, 0.5) is 0 Å². The fraction of sp³-hybridized carbons (Fsp3) is 0.435. The van der Waals surface area contributed by atoms with E-state index in [-0.39, 0.29) is 0 Å². The molecule has 0 amide bonds. The Morgan fingerprint density at radius 3 is 2.72 bits per heavy atom. The summed E-state index contributed by atoms with van der Waals surface area (Å²) in [6, 6.07) is 16.4. The summed E-state index contributed by atoms with van der Waals surface area (Å²) < 4.78 is 10.7. The molecule has 0 radical (unpaired) electrons. The maximum atomic E-state index is 6.04. The van der Waals surface area contributed by atoms with Crippen LogP contribution in [0.3, 0.4) is 0 Å². The molecule has 1 fully saturated rings. The van der Waals surface area contributed by atoms with Crippen LogP contribution in [0.2, 0.25) is 5.02 Å². The molecule has 0 saturated carbocycles. The summed E-state index contributed by atoms with van der Waals surface area (Å²) in [7, 11) is 3.54. The first-order valence-corrected chi connectivity index (χ1v) is 10.4. The van der Waals surface area contributed by atoms with Gasteiger partial charge in [-0.05, 0) is 35.2 Å². The average Bonchev–Trinajstić information content (AvgIpc) is 3.21. The first-order chi connectivity index (χ1) is 14.2. The van der Waals surface area contributed by atoms with E-state index in [1.165, 1.54) is 11.1 Å². The summed E-state index contributed by atoms with van der Waals surface area (Å²) in [4.78, 5) is 6.81. The molecule has 2 aromatic carbocycles. The Labute approximate surface area is 178 Å². The highest BCUT2D eigenvalue weighted by atomic mass is 35.5. The van der Waals surface area contributed by atoms with Gasteiger partial charge in [-0.1, -0.05) is 48.0 Å². The average molecular weight is 416 g/mol. The lowest BCUT2D eigenvalue weighted by atomic mass is 10.00. The van der Waals surface area contributed by atoms with Gasteiger partial charge in [-0.3, -0.25) is 4.99 Å². The molecule has 0 aliphatic carbocycles. The van der Waals surface area contributed by atoms with Gasteiger partial charge in [0.25, 0.3) is 0 Å². The number of halogens is 1. The molecule has 156 valence electrons. The van der Waals surface area contributed by atoms with E-state index >= 15 is 0 Å². The molecule has 5 nitrogen and oxygen atoms in total. The van der Waals surface area contributed by atoms with Crippen molar-refractivity contribution in [2.24, 2.45) is 10.9 Å². The van der Waals surface area contributed by atoms with Crippen molar-refractivity contribution in [1.82, 2.24) is 10.2 Å². The number of rotatable bonds is 8. The van der Waals surface area contributed by atoms with Gasteiger partial charge in [0.1, 0.15) is 0 Å². The summed E-state index contributed by atoms with van der Waals surface area (Å²) in [5.74, 6) is 1.47. The number of guanidine groups is 1. The number of nitrogens with zero attached hydrogens (tertiary/aromatic N) is 2. The van der Waals surface area contributed by atoms with Gasteiger partial charge in [-0.15, -0.1) is 0 Å². The molecule has 1 aliphatic heterocycles.